The summed E-state index contributed by atoms with van der Waals surface area (Å²) >= 11 is 3.33. The van der Waals surface area contributed by atoms with E-state index in [1.807, 2.05) is 0 Å². The summed E-state index contributed by atoms with van der Waals surface area (Å²) in [4.78, 5) is 24.5. The van der Waals surface area contributed by atoms with Gasteiger partial charge in [-0.15, -0.1) is 0 Å². The molecule has 0 bridgehead atoms. The molecule has 1 aliphatic rings. The molecule has 0 unspecified atom stereocenters. The highest BCUT2D eigenvalue weighted by Gasteiger charge is 2.33. The molecule has 0 aliphatic carbocycles. The summed E-state index contributed by atoms with van der Waals surface area (Å²) in [6.07, 6.45) is 1.20. The molecular formula is C13H15BrN2O4. The van der Waals surface area contributed by atoms with E-state index < -0.39 is 18.0 Å². The van der Waals surface area contributed by atoms with Gasteiger partial charge in [0, 0.05) is 12.2 Å². The molecule has 1 atom stereocenters. The topological polar surface area (TPSA) is 78.9 Å². The maximum absolute atomic E-state index is 12.1. The highest BCUT2D eigenvalue weighted by Crippen LogP contribution is 2.28. The average molecular weight is 343 g/mol. The third-order valence-corrected chi connectivity index (χ3v) is 3.82. The third kappa shape index (κ3) is 3.04. The van der Waals surface area contributed by atoms with E-state index in [4.69, 9.17) is 9.84 Å². The SMILES string of the molecule is COc1ccc(NC(=O)N2CCC[C@H]2C(=O)O)cc1Br. The monoisotopic (exact) mass is 342 g/mol. The van der Waals surface area contributed by atoms with Gasteiger partial charge in [-0.05, 0) is 47.0 Å². The van der Waals surface area contributed by atoms with E-state index in [2.05, 4.69) is 21.2 Å². The first kappa shape index (κ1) is 14.6. The van der Waals surface area contributed by atoms with Crippen LogP contribution in [-0.4, -0.2) is 41.7 Å². The van der Waals surface area contributed by atoms with Gasteiger partial charge < -0.3 is 20.1 Å². The lowest BCUT2D eigenvalue weighted by Crippen LogP contribution is -2.42. The molecule has 0 spiro atoms. The smallest absolute Gasteiger partial charge is 0.326 e. The Morgan fingerprint density at radius 3 is 2.85 bits per heavy atom. The van der Waals surface area contributed by atoms with E-state index in [0.29, 0.717) is 35.3 Å². The predicted molar refractivity (Wildman–Crippen MR) is 77.1 cm³/mol. The number of amides is 2. The molecule has 20 heavy (non-hydrogen) atoms. The maximum Gasteiger partial charge on any atom is 0.326 e. The first-order valence-electron chi connectivity index (χ1n) is 6.17. The highest BCUT2D eigenvalue weighted by molar-refractivity contribution is 9.10. The van der Waals surface area contributed by atoms with Crippen LogP contribution in [-0.2, 0) is 4.79 Å². The number of nitrogens with one attached hydrogen (secondary N) is 1. The molecule has 0 radical (unpaired) electrons. The summed E-state index contributed by atoms with van der Waals surface area (Å²) in [7, 11) is 1.56. The van der Waals surface area contributed by atoms with Crippen molar-refractivity contribution in [2.24, 2.45) is 0 Å². The highest BCUT2D eigenvalue weighted by atomic mass is 79.9. The number of aliphatic carboxylic acids is 1. The number of halogens is 1. The van der Waals surface area contributed by atoms with Crippen LogP contribution in [0.15, 0.2) is 22.7 Å². The number of rotatable bonds is 3. The zero-order valence-electron chi connectivity index (χ0n) is 10.9. The number of carbonyl (C=O) groups is 2. The zero-order valence-corrected chi connectivity index (χ0v) is 12.5. The number of anilines is 1. The van der Waals surface area contributed by atoms with E-state index in [1.165, 1.54) is 4.90 Å². The van der Waals surface area contributed by atoms with Crippen molar-refractivity contribution >= 4 is 33.6 Å². The number of likely N-dealkylation sites (tertiary alicyclic amines) is 1. The number of methoxy groups -OCH3 is 1. The fraction of sp³-hybridized carbons (Fsp3) is 0.385. The standard InChI is InChI=1S/C13H15BrN2O4/c1-20-11-5-4-8(7-9(11)14)15-13(19)16-6-2-3-10(16)12(17)18/h4-5,7,10H,2-3,6H2,1H3,(H,15,19)(H,17,18)/t10-/m0/s1. The largest absolute Gasteiger partial charge is 0.496 e. The molecule has 1 fully saturated rings. The van der Waals surface area contributed by atoms with Crippen LogP contribution in [0.25, 0.3) is 0 Å². The summed E-state index contributed by atoms with van der Waals surface area (Å²) in [5, 5.41) is 11.8. The van der Waals surface area contributed by atoms with Crippen LogP contribution in [0.5, 0.6) is 5.75 Å². The van der Waals surface area contributed by atoms with Crippen molar-refractivity contribution in [3.05, 3.63) is 22.7 Å². The number of carboxylic acids is 1. The molecule has 2 amide bonds. The first-order valence-corrected chi connectivity index (χ1v) is 6.96. The quantitative estimate of drug-likeness (QED) is 0.884. The summed E-state index contributed by atoms with van der Waals surface area (Å²) in [6.45, 7) is 0.458. The Kier molecular flexibility index (Phi) is 4.49. The summed E-state index contributed by atoms with van der Waals surface area (Å²) in [6, 6.07) is 4.00. The second-order valence-corrected chi connectivity index (χ2v) is 5.32. The summed E-state index contributed by atoms with van der Waals surface area (Å²) < 4.78 is 5.82. The van der Waals surface area contributed by atoms with Crippen LogP contribution in [0.3, 0.4) is 0 Å². The first-order chi connectivity index (χ1) is 9.52. The number of nitrogens with zero attached hydrogens (tertiary/aromatic N) is 1. The molecule has 2 rings (SSSR count). The normalized spacial score (nSPS) is 17.9. The molecule has 0 aromatic heterocycles. The summed E-state index contributed by atoms with van der Waals surface area (Å²) in [5.41, 5.74) is 0.582. The van der Waals surface area contributed by atoms with Gasteiger partial charge in [-0.25, -0.2) is 9.59 Å². The fourth-order valence-electron chi connectivity index (χ4n) is 2.21. The van der Waals surface area contributed by atoms with Crippen LogP contribution in [0, 0.1) is 0 Å². The second kappa shape index (κ2) is 6.13. The number of carboxylic acid groups (broad SMARTS) is 1. The number of carbonyl (C=O) groups excluding carboxylic acids is 1. The molecule has 2 N–H and O–H groups in total. The van der Waals surface area contributed by atoms with Crippen LogP contribution < -0.4 is 10.1 Å². The number of hydrogen-bond donors (Lipinski definition) is 2. The zero-order chi connectivity index (χ0) is 14.7. The van der Waals surface area contributed by atoms with Crippen molar-refractivity contribution in [1.29, 1.82) is 0 Å². The number of hydrogen-bond acceptors (Lipinski definition) is 3. The van der Waals surface area contributed by atoms with Crippen molar-refractivity contribution in [1.82, 2.24) is 4.90 Å². The van der Waals surface area contributed by atoms with E-state index in [1.54, 1.807) is 25.3 Å². The van der Waals surface area contributed by atoms with Gasteiger partial charge in [-0.2, -0.15) is 0 Å². The predicted octanol–water partition coefficient (Wildman–Crippen LogP) is 2.54. The molecular weight excluding hydrogens is 328 g/mol. The molecule has 1 aromatic carbocycles. The van der Waals surface area contributed by atoms with Gasteiger partial charge in [0.05, 0.1) is 11.6 Å². The average Bonchev–Trinajstić information content (AvgIpc) is 2.88. The minimum Gasteiger partial charge on any atom is -0.496 e. The maximum atomic E-state index is 12.1. The molecule has 1 aliphatic heterocycles. The number of urea groups is 1. The molecule has 7 heteroatoms. The van der Waals surface area contributed by atoms with Crippen LogP contribution in [0.1, 0.15) is 12.8 Å². The van der Waals surface area contributed by atoms with E-state index in [-0.39, 0.29) is 0 Å². The fourth-order valence-corrected chi connectivity index (χ4v) is 2.75. The third-order valence-electron chi connectivity index (χ3n) is 3.20. The molecule has 0 saturated carbocycles. The minimum absolute atomic E-state index is 0.396. The van der Waals surface area contributed by atoms with E-state index in [9.17, 15) is 9.59 Å². The number of benzene rings is 1. The van der Waals surface area contributed by atoms with Crippen LogP contribution >= 0.6 is 15.9 Å². The lowest BCUT2D eigenvalue weighted by Gasteiger charge is -2.22. The van der Waals surface area contributed by atoms with Gasteiger partial charge in [0.2, 0.25) is 0 Å². The van der Waals surface area contributed by atoms with Crippen molar-refractivity contribution < 1.29 is 19.4 Å². The van der Waals surface area contributed by atoms with Gasteiger partial charge in [0.25, 0.3) is 0 Å². The van der Waals surface area contributed by atoms with Crippen LogP contribution in [0.2, 0.25) is 0 Å². The number of ether oxygens (including phenoxy) is 1. The van der Waals surface area contributed by atoms with Crippen LogP contribution in [0.4, 0.5) is 10.5 Å². The Hall–Kier alpha value is -1.76. The van der Waals surface area contributed by atoms with Gasteiger partial charge in [0.1, 0.15) is 11.8 Å². The lowest BCUT2D eigenvalue weighted by atomic mass is 10.2. The Bertz CT molecular complexity index is 535. The lowest BCUT2D eigenvalue weighted by molar-refractivity contribution is -0.141. The van der Waals surface area contributed by atoms with E-state index >= 15 is 0 Å². The van der Waals surface area contributed by atoms with Crippen molar-refractivity contribution in [3.63, 3.8) is 0 Å². The molecule has 1 saturated heterocycles. The molecule has 1 aromatic rings. The van der Waals surface area contributed by atoms with Gasteiger partial charge in [0.15, 0.2) is 0 Å². The Morgan fingerprint density at radius 1 is 1.50 bits per heavy atom. The van der Waals surface area contributed by atoms with E-state index in [0.717, 1.165) is 0 Å². The van der Waals surface area contributed by atoms with Crippen molar-refractivity contribution in [2.45, 2.75) is 18.9 Å². The van der Waals surface area contributed by atoms with Gasteiger partial charge in [-0.1, -0.05) is 0 Å². The Balaban J connectivity index is 2.08. The van der Waals surface area contributed by atoms with Crippen molar-refractivity contribution in [3.8, 4) is 5.75 Å². The second-order valence-electron chi connectivity index (χ2n) is 4.47. The summed E-state index contributed by atoms with van der Waals surface area (Å²) in [5.74, 6) is -0.304. The molecule has 1 heterocycles. The van der Waals surface area contributed by atoms with Crippen molar-refractivity contribution in [2.75, 3.05) is 19.0 Å². The van der Waals surface area contributed by atoms with Gasteiger partial charge >= 0.3 is 12.0 Å². The Labute approximate surface area is 124 Å². The molecule has 6 nitrogen and oxygen atoms in total. The minimum atomic E-state index is -0.964. The van der Waals surface area contributed by atoms with Gasteiger partial charge in [-0.3, -0.25) is 0 Å². The Morgan fingerprint density at radius 2 is 2.25 bits per heavy atom. The molecule has 108 valence electrons.